The van der Waals surface area contributed by atoms with Crippen LogP contribution in [-0.2, 0) is 4.79 Å². The Morgan fingerprint density at radius 2 is 2.00 bits per heavy atom. The van der Waals surface area contributed by atoms with Crippen LogP contribution < -0.4 is 4.90 Å². The summed E-state index contributed by atoms with van der Waals surface area (Å²) in [7, 11) is 0. The van der Waals surface area contributed by atoms with Crippen molar-refractivity contribution in [3.63, 3.8) is 0 Å². The summed E-state index contributed by atoms with van der Waals surface area (Å²) in [6, 6.07) is 9.63. The second-order valence-electron chi connectivity index (χ2n) is 3.39. The van der Waals surface area contributed by atoms with Crippen LogP contribution in [0.25, 0.3) is 0 Å². The summed E-state index contributed by atoms with van der Waals surface area (Å²) in [6.07, 6.45) is 5.20. The van der Waals surface area contributed by atoms with Gasteiger partial charge in [0, 0.05) is 22.6 Å². The van der Waals surface area contributed by atoms with Crippen LogP contribution in [-0.4, -0.2) is 12.5 Å². The smallest absolute Gasteiger partial charge is 0.314 e. The highest BCUT2D eigenvalue weighted by Gasteiger charge is 2.15. The molecule has 0 fully saturated rings. The van der Waals surface area contributed by atoms with E-state index >= 15 is 0 Å². The number of carbonyl (C=O) groups excluding carboxylic acids is 1. The minimum atomic E-state index is -0.703. The Balaban J connectivity index is 2.19. The van der Waals surface area contributed by atoms with Gasteiger partial charge in [0.05, 0.1) is 6.54 Å². The lowest BCUT2D eigenvalue weighted by atomic mass is 10.1. The van der Waals surface area contributed by atoms with Gasteiger partial charge < -0.3 is 4.90 Å². The van der Waals surface area contributed by atoms with Gasteiger partial charge in [0.15, 0.2) is 0 Å². The van der Waals surface area contributed by atoms with E-state index < -0.39 is 5.91 Å². The molecule has 1 aliphatic heterocycles. The van der Waals surface area contributed by atoms with E-state index in [1.54, 1.807) is 12.2 Å². The first kappa shape index (κ1) is 10.3. The van der Waals surface area contributed by atoms with E-state index in [4.69, 9.17) is 0 Å². The molecule has 0 N–H and O–H groups in total. The highest BCUT2D eigenvalue weighted by Crippen LogP contribution is 2.18. The zero-order valence-electron chi connectivity index (χ0n) is 8.54. The Kier molecular flexibility index (Phi) is 2.91. The number of hydrogen-bond acceptors (Lipinski definition) is 3. The van der Waals surface area contributed by atoms with Crippen molar-refractivity contribution in [3.8, 4) is 0 Å². The van der Waals surface area contributed by atoms with Gasteiger partial charge in [-0.15, -0.1) is 4.91 Å². The third kappa shape index (κ3) is 2.06. The summed E-state index contributed by atoms with van der Waals surface area (Å²) in [6.45, 7) is 0.380. The van der Waals surface area contributed by atoms with Gasteiger partial charge in [0.25, 0.3) is 0 Å². The fourth-order valence-electron chi connectivity index (χ4n) is 1.55. The quantitative estimate of drug-likeness (QED) is 0.709. The predicted molar refractivity (Wildman–Crippen MR) is 61.8 cm³/mol. The molecule has 4 heteroatoms. The van der Waals surface area contributed by atoms with Crippen molar-refractivity contribution in [2.24, 2.45) is 5.18 Å². The molecular weight excluding hydrogens is 204 g/mol. The fraction of sp³-hybridized carbons (Fsp3) is 0.0833. The molecular formula is C12H10N2O2. The Bertz CT molecular complexity index is 463. The van der Waals surface area contributed by atoms with E-state index in [9.17, 15) is 9.70 Å². The maximum absolute atomic E-state index is 11.1. The van der Waals surface area contributed by atoms with Crippen molar-refractivity contribution in [2.45, 2.75) is 0 Å². The molecule has 1 aromatic rings. The highest BCUT2D eigenvalue weighted by molar-refractivity contribution is 5.95. The zero-order valence-corrected chi connectivity index (χ0v) is 8.54. The van der Waals surface area contributed by atoms with E-state index in [2.05, 4.69) is 5.18 Å². The molecule has 0 aromatic heterocycles. The van der Waals surface area contributed by atoms with Gasteiger partial charge in [-0.2, -0.15) is 0 Å². The zero-order chi connectivity index (χ0) is 11.4. The van der Waals surface area contributed by atoms with E-state index in [0.717, 1.165) is 5.69 Å². The van der Waals surface area contributed by atoms with Gasteiger partial charge in [-0.1, -0.05) is 24.3 Å². The fourth-order valence-corrected chi connectivity index (χ4v) is 1.55. The lowest BCUT2D eigenvalue weighted by Crippen LogP contribution is -2.24. The van der Waals surface area contributed by atoms with Crippen molar-refractivity contribution in [1.82, 2.24) is 0 Å². The summed E-state index contributed by atoms with van der Waals surface area (Å²) in [4.78, 5) is 23.2. The monoisotopic (exact) mass is 214 g/mol. The highest BCUT2D eigenvalue weighted by atomic mass is 16.3. The van der Waals surface area contributed by atoms with Crippen LogP contribution in [0.2, 0.25) is 0 Å². The molecule has 4 nitrogen and oxygen atoms in total. The molecule has 0 unspecified atom stereocenters. The van der Waals surface area contributed by atoms with Crippen LogP contribution >= 0.6 is 0 Å². The summed E-state index contributed by atoms with van der Waals surface area (Å²) in [5, 5.41) is 2.42. The summed E-state index contributed by atoms with van der Waals surface area (Å²) in [5.74, 6) is -0.703. The van der Waals surface area contributed by atoms with Gasteiger partial charge >= 0.3 is 5.91 Å². The van der Waals surface area contributed by atoms with E-state index in [1.807, 2.05) is 41.4 Å². The van der Waals surface area contributed by atoms with Crippen molar-refractivity contribution < 1.29 is 4.79 Å². The number of amides is 1. The first-order chi connectivity index (χ1) is 7.81. The third-order valence-corrected chi connectivity index (χ3v) is 2.35. The largest absolute Gasteiger partial charge is 0.343 e. The van der Waals surface area contributed by atoms with Crippen LogP contribution in [0.5, 0.6) is 0 Å². The van der Waals surface area contributed by atoms with Crippen molar-refractivity contribution in [3.05, 3.63) is 59.2 Å². The van der Waals surface area contributed by atoms with Crippen molar-refractivity contribution >= 4 is 11.6 Å². The van der Waals surface area contributed by atoms with Gasteiger partial charge in [-0.05, 0) is 18.2 Å². The molecule has 0 radical (unpaired) electrons. The first-order valence-corrected chi connectivity index (χ1v) is 4.88. The molecule has 0 saturated heterocycles. The minimum absolute atomic E-state index is 0.380. The summed E-state index contributed by atoms with van der Waals surface area (Å²) < 4.78 is 0. The van der Waals surface area contributed by atoms with E-state index in [1.165, 1.54) is 0 Å². The van der Waals surface area contributed by atoms with Gasteiger partial charge in [0.1, 0.15) is 0 Å². The number of rotatable bonds is 2. The van der Waals surface area contributed by atoms with E-state index in [-0.39, 0.29) is 0 Å². The molecule has 1 amide bonds. The van der Waals surface area contributed by atoms with Crippen LogP contribution in [0, 0.1) is 4.91 Å². The molecule has 0 spiro atoms. The number of allylic oxidation sites excluding steroid dienone is 2. The molecule has 80 valence electrons. The number of carbonyl (C=O) groups is 1. The average molecular weight is 214 g/mol. The Morgan fingerprint density at radius 3 is 2.69 bits per heavy atom. The maximum atomic E-state index is 11.1. The van der Waals surface area contributed by atoms with E-state index in [0.29, 0.717) is 12.1 Å². The molecule has 1 aliphatic rings. The Morgan fingerprint density at radius 1 is 1.25 bits per heavy atom. The van der Waals surface area contributed by atoms with Crippen LogP contribution in [0.1, 0.15) is 0 Å². The summed E-state index contributed by atoms with van der Waals surface area (Å²) >= 11 is 0. The van der Waals surface area contributed by atoms with Crippen LogP contribution in [0.15, 0.2) is 59.4 Å². The van der Waals surface area contributed by atoms with Crippen LogP contribution in [0.4, 0.5) is 5.69 Å². The predicted octanol–water partition coefficient (Wildman–Crippen LogP) is 2.24. The maximum Gasteiger partial charge on any atom is 0.314 e. The molecule has 1 heterocycles. The number of nitrogens with zero attached hydrogens (tertiary/aromatic N) is 2. The molecule has 2 rings (SSSR count). The van der Waals surface area contributed by atoms with Gasteiger partial charge in [-0.25, -0.2) is 0 Å². The van der Waals surface area contributed by atoms with Crippen molar-refractivity contribution in [2.75, 3.05) is 11.4 Å². The number of nitroso groups, excluding NO2 is 1. The summed E-state index contributed by atoms with van der Waals surface area (Å²) in [5.41, 5.74) is 1.38. The number of hydrogen-bond donors (Lipinski definition) is 0. The Labute approximate surface area is 92.9 Å². The molecule has 0 saturated carbocycles. The molecule has 1 aromatic carbocycles. The number of benzene rings is 1. The molecule has 0 bridgehead atoms. The lowest BCUT2D eigenvalue weighted by Gasteiger charge is -2.22. The van der Waals surface area contributed by atoms with Gasteiger partial charge in [-0.3, -0.25) is 4.79 Å². The SMILES string of the molecule is O=NC(=O)C1=CC=CN(c2ccccc2)C1. The van der Waals surface area contributed by atoms with Crippen molar-refractivity contribution in [1.29, 1.82) is 0 Å². The van der Waals surface area contributed by atoms with Gasteiger partial charge in [0.2, 0.25) is 0 Å². The molecule has 0 aliphatic carbocycles. The normalized spacial score (nSPS) is 14.5. The second-order valence-corrected chi connectivity index (χ2v) is 3.39. The number of anilines is 1. The lowest BCUT2D eigenvalue weighted by molar-refractivity contribution is -0.114. The first-order valence-electron chi connectivity index (χ1n) is 4.88. The molecule has 16 heavy (non-hydrogen) atoms. The third-order valence-electron chi connectivity index (χ3n) is 2.35. The number of para-hydroxylation sites is 1. The Hall–Kier alpha value is -2.23. The minimum Gasteiger partial charge on any atom is -0.343 e. The topological polar surface area (TPSA) is 49.7 Å². The second kappa shape index (κ2) is 4.53. The average Bonchev–Trinajstić information content (AvgIpc) is 2.39. The standard InChI is InChI=1S/C12H10N2O2/c15-12(13-16)10-5-4-8-14(9-10)11-6-2-1-3-7-11/h1-8H,9H2. The molecule has 0 atom stereocenters. The van der Waals surface area contributed by atoms with Crippen LogP contribution in [0.3, 0.4) is 0 Å².